The average molecular weight is 381 g/mol. The second kappa shape index (κ2) is 8.60. The molecule has 0 spiro atoms. The third kappa shape index (κ3) is 4.51. The first-order valence-corrected chi connectivity index (χ1v) is 9.08. The summed E-state index contributed by atoms with van der Waals surface area (Å²) in [6.07, 6.45) is 2.17. The van der Waals surface area contributed by atoms with E-state index in [-0.39, 0.29) is 18.9 Å². The molecule has 0 atom stereocenters. The summed E-state index contributed by atoms with van der Waals surface area (Å²) in [5, 5.41) is 6.86. The van der Waals surface area contributed by atoms with Crippen LogP contribution in [-0.2, 0) is 27.2 Å². The summed E-state index contributed by atoms with van der Waals surface area (Å²) in [6, 6.07) is 8.03. The Labute approximate surface area is 163 Å². The Morgan fingerprint density at radius 2 is 1.96 bits per heavy atom. The number of rotatable bonds is 7. The molecule has 2 aromatic heterocycles. The molecular weight excluding hydrogens is 358 g/mol. The minimum atomic E-state index is -0.485. The molecule has 1 aromatic carbocycles. The van der Waals surface area contributed by atoms with Crippen LogP contribution in [0.3, 0.4) is 0 Å². The van der Waals surface area contributed by atoms with Gasteiger partial charge in [0.15, 0.2) is 6.61 Å². The van der Waals surface area contributed by atoms with Crippen molar-refractivity contribution < 1.29 is 14.3 Å². The minimum Gasteiger partial charge on any atom is -0.455 e. The first-order chi connectivity index (χ1) is 13.5. The van der Waals surface area contributed by atoms with Gasteiger partial charge in [0, 0.05) is 23.5 Å². The van der Waals surface area contributed by atoms with Crippen molar-refractivity contribution in [2.75, 3.05) is 13.2 Å². The van der Waals surface area contributed by atoms with Gasteiger partial charge in [-0.15, -0.1) is 0 Å². The fraction of sp³-hybridized carbons (Fsp3) is 0.350. The lowest BCUT2D eigenvalue weighted by atomic mass is 10.1. The lowest BCUT2D eigenvalue weighted by Crippen LogP contribution is -2.31. The second-order valence-corrected chi connectivity index (χ2v) is 6.60. The highest BCUT2D eigenvalue weighted by Crippen LogP contribution is 2.14. The third-order valence-electron chi connectivity index (χ3n) is 4.65. The maximum absolute atomic E-state index is 12.2. The van der Waals surface area contributed by atoms with Gasteiger partial charge >= 0.3 is 5.97 Å². The van der Waals surface area contributed by atoms with Crippen LogP contribution >= 0.6 is 0 Å². The number of fused-ring (bicyclic) bond motifs is 1. The van der Waals surface area contributed by atoms with Crippen molar-refractivity contribution in [1.29, 1.82) is 0 Å². The Bertz CT molecular complexity index is 1010. The van der Waals surface area contributed by atoms with Gasteiger partial charge in [0.25, 0.3) is 11.7 Å². The van der Waals surface area contributed by atoms with Gasteiger partial charge in [0.05, 0.1) is 6.42 Å². The number of carbonyl (C=O) groups excluding carboxylic acids is 2. The molecule has 3 aromatic rings. The molecular formula is C20H23N5O3. The fourth-order valence-electron chi connectivity index (χ4n) is 3.03. The maximum atomic E-state index is 12.2. The number of hydrogen-bond acceptors (Lipinski definition) is 6. The van der Waals surface area contributed by atoms with Crippen molar-refractivity contribution in [2.24, 2.45) is 0 Å². The van der Waals surface area contributed by atoms with Crippen LogP contribution in [0.4, 0.5) is 0 Å². The zero-order valence-corrected chi connectivity index (χ0v) is 16.2. The quantitative estimate of drug-likeness (QED) is 0.623. The van der Waals surface area contributed by atoms with Crippen molar-refractivity contribution >= 4 is 17.7 Å². The summed E-state index contributed by atoms with van der Waals surface area (Å²) in [7, 11) is 0. The van der Waals surface area contributed by atoms with Gasteiger partial charge in [0.2, 0.25) is 0 Å². The van der Waals surface area contributed by atoms with Crippen molar-refractivity contribution in [2.45, 2.75) is 33.6 Å². The number of aromatic nitrogens is 4. The van der Waals surface area contributed by atoms with E-state index < -0.39 is 5.97 Å². The number of hydrogen-bond donors (Lipinski definition) is 1. The van der Waals surface area contributed by atoms with Crippen LogP contribution < -0.4 is 5.32 Å². The zero-order valence-electron chi connectivity index (χ0n) is 16.2. The number of amides is 1. The number of nitrogens with one attached hydrogen (secondary N) is 1. The SMILES string of the molecule is Cc1ccccc1CCNC(=O)COC(=O)Cc1c(C)nc2ncnn2c1C. The smallest absolute Gasteiger partial charge is 0.310 e. The van der Waals surface area contributed by atoms with Crippen molar-refractivity contribution in [3.8, 4) is 0 Å². The van der Waals surface area contributed by atoms with Crippen molar-refractivity contribution in [1.82, 2.24) is 24.9 Å². The van der Waals surface area contributed by atoms with Crippen molar-refractivity contribution in [3.05, 3.63) is 58.7 Å². The Kier molecular flexibility index (Phi) is 5.98. The van der Waals surface area contributed by atoms with Crippen LogP contribution in [0.5, 0.6) is 0 Å². The normalized spacial score (nSPS) is 10.8. The number of esters is 1. The van der Waals surface area contributed by atoms with Crippen LogP contribution in [0.25, 0.3) is 5.78 Å². The summed E-state index contributed by atoms with van der Waals surface area (Å²) < 4.78 is 6.69. The summed E-state index contributed by atoms with van der Waals surface area (Å²) in [4.78, 5) is 32.5. The topological polar surface area (TPSA) is 98.5 Å². The molecule has 0 fully saturated rings. The highest BCUT2D eigenvalue weighted by molar-refractivity contribution is 5.81. The van der Waals surface area contributed by atoms with Crippen LogP contribution in [0.15, 0.2) is 30.6 Å². The minimum absolute atomic E-state index is 0.0248. The van der Waals surface area contributed by atoms with Crippen LogP contribution in [0.1, 0.15) is 28.1 Å². The number of ether oxygens (including phenoxy) is 1. The van der Waals surface area contributed by atoms with E-state index in [0.29, 0.717) is 18.0 Å². The van der Waals surface area contributed by atoms with E-state index in [1.165, 1.54) is 17.5 Å². The molecule has 3 rings (SSSR count). The number of aryl methyl sites for hydroxylation is 3. The summed E-state index contributed by atoms with van der Waals surface area (Å²) in [5.74, 6) is -0.318. The van der Waals surface area contributed by atoms with E-state index in [1.54, 1.807) is 4.52 Å². The van der Waals surface area contributed by atoms with Gasteiger partial charge in [-0.1, -0.05) is 24.3 Å². The molecule has 0 unspecified atom stereocenters. The molecule has 0 bridgehead atoms. The Balaban J connectivity index is 1.48. The van der Waals surface area contributed by atoms with E-state index >= 15 is 0 Å². The highest BCUT2D eigenvalue weighted by Gasteiger charge is 2.16. The molecule has 0 radical (unpaired) electrons. The number of carbonyl (C=O) groups is 2. The average Bonchev–Trinajstić information content (AvgIpc) is 3.13. The van der Waals surface area contributed by atoms with E-state index in [9.17, 15) is 9.59 Å². The Hall–Kier alpha value is -3.29. The van der Waals surface area contributed by atoms with Crippen molar-refractivity contribution in [3.63, 3.8) is 0 Å². The van der Waals surface area contributed by atoms with Crippen LogP contribution in [0, 0.1) is 20.8 Å². The zero-order chi connectivity index (χ0) is 20.1. The molecule has 0 aliphatic heterocycles. The number of nitrogens with zero attached hydrogens (tertiary/aromatic N) is 4. The van der Waals surface area contributed by atoms with Gasteiger partial charge in [-0.25, -0.2) is 9.50 Å². The predicted molar refractivity (Wildman–Crippen MR) is 103 cm³/mol. The van der Waals surface area contributed by atoms with Gasteiger partial charge in [-0.2, -0.15) is 10.1 Å². The molecule has 1 amide bonds. The Morgan fingerprint density at radius 1 is 1.18 bits per heavy atom. The van der Waals surface area contributed by atoms with Gasteiger partial charge in [0.1, 0.15) is 6.33 Å². The summed E-state index contributed by atoms with van der Waals surface area (Å²) in [6.45, 7) is 5.88. The van der Waals surface area contributed by atoms with E-state index in [2.05, 4.69) is 20.4 Å². The standard InChI is InChI=1S/C20H23N5O3/c1-13-6-4-5-7-16(13)8-9-21-18(26)11-28-19(27)10-17-14(2)24-20-22-12-23-25(20)15(17)3/h4-7,12H,8-11H2,1-3H3,(H,21,26). The molecule has 0 aliphatic carbocycles. The van der Waals surface area contributed by atoms with Gasteiger partial charge < -0.3 is 10.1 Å². The lowest BCUT2D eigenvalue weighted by molar-refractivity contribution is -0.147. The molecule has 0 saturated heterocycles. The van der Waals surface area contributed by atoms with Crippen LogP contribution in [-0.4, -0.2) is 44.6 Å². The first-order valence-electron chi connectivity index (χ1n) is 9.08. The van der Waals surface area contributed by atoms with Gasteiger partial charge in [-0.3, -0.25) is 9.59 Å². The summed E-state index contributed by atoms with van der Waals surface area (Å²) in [5.41, 5.74) is 4.56. The molecule has 0 saturated carbocycles. The molecule has 0 aliphatic rings. The largest absolute Gasteiger partial charge is 0.455 e. The molecule has 2 heterocycles. The summed E-state index contributed by atoms with van der Waals surface area (Å²) >= 11 is 0. The second-order valence-electron chi connectivity index (χ2n) is 6.60. The van der Waals surface area contributed by atoms with Gasteiger partial charge in [-0.05, 0) is 38.3 Å². The predicted octanol–water partition coefficient (Wildman–Crippen LogP) is 1.49. The lowest BCUT2D eigenvalue weighted by Gasteiger charge is -2.11. The Morgan fingerprint density at radius 3 is 2.75 bits per heavy atom. The van der Waals surface area contributed by atoms with Crippen LogP contribution in [0.2, 0.25) is 0 Å². The third-order valence-corrected chi connectivity index (χ3v) is 4.65. The maximum Gasteiger partial charge on any atom is 0.310 e. The molecule has 146 valence electrons. The molecule has 28 heavy (non-hydrogen) atoms. The highest BCUT2D eigenvalue weighted by atomic mass is 16.5. The first kappa shape index (κ1) is 19.5. The van der Waals surface area contributed by atoms with E-state index in [0.717, 1.165) is 17.7 Å². The monoisotopic (exact) mass is 381 g/mol. The molecule has 1 N–H and O–H groups in total. The molecule has 8 heteroatoms. The number of benzene rings is 1. The fourth-order valence-corrected chi connectivity index (χ4v) is 3.03. The molecule has 8 nitrogen and oxygen atoms in total. The van der Waals surface area contributed by atoms with E-state index in [1.807, 2.05) is 45.0 Å². The van der Waals surface area contributed by atoms with E-state index in [4.69, 9.17) is 4.74 Å².